The first kappa shape index (κ1) is 30.4. The zero-order valence-corrected chi connectivity index (χ0v) is 24.9. The summed E-state index contributed by atoms with van der Waals surface area (Å²) < 4.78 is 0. The van der Waals surface area contributed by atoms with Crippen LogP contribution in [-0.4, -0.2) is 31.9 Å². The second kappa shape index (κ2) is 11.9. The Kier molecular flexibility index (Phi) is 8.08. The number of nitrogens with two attached hydrogens (primary N) is 2. The van der Waals surface area contributed by atoms with E-state index in [1.807, 2.05) is 12.1 Å². The number of benzene rings is 4. The number of hydrogen-bond donors (Lipinski definition) is 6. The molecule has 0 fully saturated rings. The molecule has 0 atom stereocenters. The molecule has 0 aliphatic rings. The van der Waals surface area contributed by atoms with Gasteiger partial charge in [0.15, 0.2) is 11.5 Å². The van der Waals surface area contributed by atoms with Gasteiger partial charge in [0, 0.05) is 11.1 Å². The van der Waals surface area contributed by atoms with Crippen molar-refractivity contribution in [3.63, 3.8) is 0 Å². The van der Waals surface area contributed by atoms with Crippen molar-refractivity contribution in [3.8, 4) is 11.5 Å². The van der Waals surface area contributed by atoms with E-state index in [0.717, 1.165) is 0 Å². The molecule has 0 amide bonds. The number of aryl methyl sites for hydroxylation is 2. The number of azo groups is 2. The van der Waals surface area contributed by atoms with Gasteiger partial charge in [-0.25, -0.2) is 0 Å². The van der Waals surface area contributed by atoms with Gasteiger partial charge in [-0.1, -0.05) is 12.1 Å². The molecule has 2 aromatic heterocycles. The highest BCUT2D eigenvalue weighted by Gasteiger charge is 2.19. The lowest BCUT2D eigenvalue weighted by Crippen LogP contribution is -2.10. The van der Waals surface area contributed by atoms with E-state index in [4.69, 9.17) is 22.3 Å². The molecule has 224 valence electrons. The van der Waals surface area contributed by atoms with Crippen molar-refractivity contribution in [1.29, 1.82) is 10.8 Å². The van der Waals surface area contributed by atoms with Gasteiger partial charge >= 0.3 is 0 Å². The van der Waals surface area contributed by atoms with E-state index in [1.54, 1.807) is 74.5 Å². The zero-order chi connectivity index (χ0) is 31.1. The first-order valence-electron chi connectivity index (χ1n) is 13.4. The number of nitrogens with zero attached hydrogens (tertiary/aromatic N) is 6. The molecule has 8 N–H and O–H groups in total. The third-order valence-electron chi connectivity index (χ3n) is 7.23. The second-order valence-electron chi connectivity index (χ2n) is 10.1. The lowest BCUT2D eigenvalue weighted by atomic mass is 9.98. The van der Waals surface area contributed by atoms with E-state index in [0.29, 0.717) is 66.5 Å². The Balaban J connectivity index is 0.00000400. The van der Waals surface area contributed by atoms with E-state index >= 15 is 0 Å². The number of nitrogen functional groups attached to an aromatic ring is 2. The first-order chi connectivity index (χ1) is 21.1. The molecule has 12 nitrogen and oxygen atoms in total. The average Bonchev–Trinajstić information content (AvgIpc) is 3.00. The summed E-state index contributed by atoms with van der Waals surface area (Å²) in [5.74, 6) is -0.302. The van der Waals surface area contributed by atoms with Gasteiger partial charge in [-0.2, -0.15) is 10.2 Å². The van der Waals surface area contributed by atoms with Crippen LogP contribution in [0.15, 0.2) is 93.3 Å². The van der Waals surface area contributed by atoms with Gasteiger partial charge in [-0.05, 0) is 85.3 Å². The van der Waals surface area contributed by atoms with Crippen molar-refractivity contribution < 1.29 is 10.2 Å². The normalized spacial score (nSPS) is 11.5. The second-order valence-corrected chi connectivity index (χ2v) is 10.1. The fourth-order valence-corrected chi connectivity index (χ4v) is 4.98. The van der Waals surface area contributed by atoms with Crippen LogP contribution in [-0.2, 0) is 0 Å². The Morgan fingerprint density at radius 3 is 1.27 bits per heavy atom. The maximum atomic E-state index is 11.5. The van der Waals surface area contributed by atoms with E-state index in [2.05, 4.69) is 30.4 Å². The molecule has 0 radical (unpaired) electrons. The van der Waals surface area contributed by atoms with Gasteiger partial charge < -0.3 is 21.7 Å². The highest BCUT2D eigenvalue weighted by molar-refractivity contribution is 6.20. The standard InChI is InChI=1S/C32H26N10O2.ClH/c1-15-27(41-39-19-7-3-17(4-8-19)31(33)34)29(43)25-21-12-14-24-26(22(21)11-13-23(25)37-15)30(44)28(16(2)38-24)42-40-20-9-5-18(6-10-20)32(35)36;/h3-14H,1-2H3,(H3,33,34)(H3,35,36)(H,37,43)(H,38,44);1H. The topological polar surface area (TPSA) is 215 Å². The molecule has 0 aliphatic carbocycles. The predicted octanol–water partition coefficient (Wildman–Crippen LogP) is 7.78. The highest BCUT2D eigenvalue weighted by atomic mass is 35.5. The Bertz CT molecular complexity index is 2060. The van der Waals surface area contributed by atoms with Crippen LogP contribution in [0.5, 0.6) is 11.5 Å². The van der Waals surface area contributed by atoms with Crippen molar-refractivity contribution in [3.05, 3.63) is 95.3 Å². The molecule has 0 aliphatic heterocycles. The molecule has 0 saturated carbocycles. The summed E-state index contributed by atoms with van der Waals surface area (Å²) in [6, 6.07) is 20.6. The third kappa shape index (κ3) is 5.57. The summed E-state index contributed by atoms with van der Waals surface area (Å²) in [4.78, 5) is 9.32. The number of pyridine rings is 2. The van der Waals surface area contributed by atoms with Crippen molar-refractivity contribution in [2.24, 2.45) is 31.9 Å². The van der Waals surface area contributed by atoms with Crippen LogP contribution in [0.3, 0.4) is 0 Å². The van der Waals surface area contributed by atoms with Crippen molar-refractivity contribution >= 4 is 79.4 Å². The molecule has 0 unspecified atom stereocenters. The smallest absolute Gasteiger partial charge is 0.155 e. The Morgan fingerprint density at radius 1 is 0.578 bits per heavy atom. The minimum Gasteiger partial charge on any atom is -0.505 e. The summed E-state index contributed by atoms with van der Waals surface area (Å²) in [6.07, 6.45) is 0. The molecule has 0 bridgehead atoms. The summed E-state index contributed by atoms with van der Waals surface area (Å²) in [6.45, 7) is 3.47. The fraction of sp³-hybridized carbons (Fsp3) is 0.0625. The maximum Gasteiger partial charge on any atom is 0.155 e. The van der Waals surface area contributed by atoms with Gasteiger partial charge in [-0.15, -0.1) is 22.6 Å². The lowest BCUT2D eigenvalue weighted by Gasteiger charge is -2.13. The number of aromatic nitrogens is 2. The number of nitrogens with one attached hydrogen (secondary N) is 2. The fourth-order valence-electron chi connectivity index (χ4n) is 4.98. The Labute approximate surface area is 262 Å². The number of aromatic hydroxyl groups is 2. The molecular formula is C32H27ClN10O2. The summed E-state index contributed by atoms with van der Waals surface area (Å²) in [7, 11) is 0. The molecule has 0 spiro atoms. The molecule has 0 saturated heterocycles. The van der Waals surface area contributed by atoms with Gasteiger partial charge in [-0.3, -0.25) is 20.8 Å². The predicted molar refractivity (Wildman–Crippen MR) is 178 cm³/mol. The number of hydrogen-bond acceptors (Lipinski definition) is 10. The average molecular weight is 619 g/mol. The first-order valence-corrected chi connectivity index (χ1v) is 13.4. The van der Waals surface area contributed by atoms with Crippen LogP contribution in [0.2, 0.25) is 0 Å². The monoisotopic (exact) mass is 618 g/mol. The van der Waals surface area contributed by atoms with E-state index in [9.17, 15) is 10.2 Å². The minimum absolute atomic E-state index is 0. The van der Waals surface area contributed by atoms with Crippen LogP contribution in [0.25, 0.3) is 32.6 Å². The van der Waals surface area contributed by atoms with Gasteiger partial charge in [0.05, 0.1) is 44.6 Å². The Morgan fingerprint density at radius 2 is 0.933 bits per heavy atom. The van der Waals surface area contributed by atoms with Crippen LogP contribution >= 0.6 is 12.4 Å². The SMILES string of the molecule is Cc1nc2ccc3c(ccc4nc(C)c(N=Nc5ccc(C(=N)N)cc5)c(O)c43)c2c(O)c1N=Nc1ccc(C(=N)N)cc1.Cl. The molecular weight excluding hydrogens is 592 g/mol. The van der Waals surface area contributed by atoms with Crippen LogP contribution in [0, 0.1) is 24.7 Å². The molecule has 13 heteroatoms. The number of amidine groups is 2. The van der Waals surface area contributed by atoms with Crippen LogP contribution in [0.4, 0.5) is 22.7 Å². The van der Waals surface area contributed by atoms with Crippen molar-refractivity contribution in [2.45, 2.75) is 13.8 Å². The van der Waals surface area contributed by atoms with E-state index in [1.165, 1.54) is 0 Å². The number of halogens is 1. The summed E-state index contributed by atoms with van der Waals surface area (Å²) >= 11 is 0. The molecule has 2 heterocycles. The van der Waals surface area contributed by atoms with Gasteiger partial charge in [0.25, 0.3) is 0 Å². The molecule has 6 rings (SSSR count). The van der Waals surface area contributed by atoms with Crippen molar-refractivity contribution in [2.75, 3.05) is 0 Å². The zero-order valence-electron chi connectivity index (χ0n) is 24.1. The summed E-state index contributed by atoms with van der Waals surface area (Å²) in [5.41, 5.74) is 15.7. The summed E-state index contributed by atoms with van der Waals surface area (Å²) in [5, 5.41) is 57.3. The van der Waals surface area contributed by atoms with Gasteiger partial charge in [0.1, 0.15) is 23.0 Å². The third-order valence-corrected chi connectivity index (χ3v) is 7.23. The van der Waals surface area contributed by atoms with Gasteiger partial charge in [0.2, 0.25) is 0 Å². The lowest BCUT2D eigenvalue weighted by molar-refractivity contribution is 0.481. The van der Waals surface area contributed by atoms with Crippen LogP contribution in [0.1, 0.15) is 22.5 Å². The Hall–Kier alpha value is -6.01. The maximum absolute atomic E-state index is 11.5. The highest BCUT2D eigenvalue weighted by Crippen LogP contribution is 2.45. The van der Waals surface area contributed by atoms with E-state index < -0.39 is 0 Å². The number of rotatable bonds is 6. The molecule has 6 aromatic rings. The largest absolute Gasteiger partial charge is 0.505 e. The molecule has 4 aromatic carbocycles. The molecule has 45 heavy (non-hydrogen) atoms. The number of fused-ring (bicyclic) bond motifs is 5. The quantitative estimate of drug-likeness (QED) is 0.0473. The van der Waals surface area contributed by atoms with Crippen LogP contribution < -0.4 is 11.5 Å². The minimum atomic E-state index is -0.102. The van der Waals surface area contributed by atoms with Crippen molar-refractivity contribution in [1.82, 2.24) is 9.97 Å². The van der Waals surface area contributed by atoms with E-state index in [-0.39, 0.29) is 47.0 Å².